The number of hydrogen-bond acceptors (Lipinski definition) is 2. The number of ether oxygens (including phenoxy) is 1. The van der Waals surface area contributed by atoms with E-state index in [0.717, 1.165) is 35.0 Å². The average Bonchev–Trinajstić information content (AvgIpc) is 2.53. The lowest BCUT2D eigenvalue weighted by molar-refractivity contribution is -0.0155. The fourth-order valence-corrected chi connectivity index (χ4v) is 3.83. The Kier molecular flexibility index (Phi) is 2.76. The van der Waals surface area contributed by atoms with Crippen LogP contribution < -0.4 is 4.74 Å². The molecule has 98 valence electrons. The summed E-state index contributed by atoms with van der Waals surface area (Å²) < 4.78 is 7.28. The summed E-state index contributed by atoms with van der Waals surface area (Å²) in [5.74, 6) is 0.848. The van der Waals surface area contributed by atoms with Gasteiger partial charge in [-0.25, -0.2) is 0 Å². The lowest BCUT2D eigenvalue weighted by Gasteiger charge is -2.39. The Bertz CT molecular complexity index is 483. The molecule has 1 spiro atoms. The monoisotopic (exact) mass is 310 g/mol. The second kappa shape index (κ2) is 3.97. The molecule has 1 saturated carbocycles. The largest absolute Gasteiger partial charge is 0.487 e. The van der Waals surface area contributed by atoms with Gasteiger partial charge in [-0.05, 0) is 36.8 Å². The average molecular weight is 311 g/mol. The molecule has 18 heavy (non-hydrogen) atoms. The number of aliphatic hydroxyl groups is 1. The van der Waals surface area contributed by atoms with Crippen LogP contribution in [0.15, 0.2) is 22.7 Å². The Morgan fingerprint density at radius 2 is 2.11 bits per heavy atom. The molecule has 1 N–H and O–H groups in total. The van der Waals surface area contributed by atoms with E-state index < -0.39 is 6.10 Å². The van der Waals surface area contributed by atoms with Crippen LogP contribution in [-0.4, -0.2) is 10.7 Å². The van der Waals surface area contributed by atoms with Crippen LogP contribution in [0.2, 0.25) is 0 Å². The summed E-state index contributed by atoms with van der Waals surface area (Å²) in [5.41, 5.74) is 1.09. The highest BCUT2D eigenvalue weighted by Crippen LogP contribution is 2.53. The molecule has 1 heterocycles. The van der Waals surface area contributed by atoms with Crippen LogP contribution in [-0.2, 0) is 0 Å². The number of benzene rings is 1. The smallest absolute Gasteiger partial charge is 0.127 e. The van der Waals surface area contributed by atoms with E-state index in [1.54, 1.807) is 0 Å². The van der Waals surface area contributed by atoms with E-state index in [-0.39, 0.29) is 5.60 Å². The molecule has 1 aromatic carbocycles. The van der Waals surface area contributed by atoms with Gasteiger partial charge in [0.2, 0.25) is 0 Å². The van der Waals surface area contributed by atoms with Gasteiger partial charge in [-0.1, -0.05) is 35.8 Å². The van der Waals surface area contributed by atoms with Crippen molar-refractivity contribution in [1.29, 1.82) is 0 Å². The summed E-state index contributed by atoms with van der Waals surface area (Å²) in [4.78, 5) is 0. The molecule has 1 unspecified atom stereocenters. The van der Waals surface area contributed by atoms with Gasteiger partial charge in [0.25, 0.3) is 0 Å². The lowest BCUT2D eigenvalue weighted by Crippen LogP contribution is -2.39. The highest BCUT2D eigenvalue weighted by atomic mass is 79.9. The zero-order chi connectivity index (χ0) is 13.0. The molecule has 2 aliphatic rings. The Hall–Kier alpha value is -0.540. The molecule has 0 bridgehead atoms. The van der Waals surface area contributed by atoms with Crippen LogP contribution in [0.5, 0.6) is 5.75 Å². The van der Waals surface area contributed by atoms with Crippen molar-refractivity contribution in [3.05, 3.63) is 28.2 Å². The minimum absolute atomic E-state index is 0.156. The van der Waals surface area contributed by atoms with Crippen molar-refractivity contribution in [3.63, 3.8) is 0 Å². The summed E-state index contributed by atoms with van der Waals surface area (Å²) in [6.45, 7) is 4.57. The van der Waals surface area contributed by atoms with E-state index in [1.165, 1.54) is 6.42 Å². The predicted octanol–water partition coefficient (Wildman–Crippen LogP) is 4.21. The van der Waals surface area contributed by atoms with E-state index in [2.05, 4.69) is 29.8 Å². The van der Waals surface area contributed by atoms with E-state index >= 15 is 0 Å². The van der Waals surface area contributed by atoms with Gasteiger partial charge < -0.3 is 9.84 Å². The normalized spacial score (nSPS) is 33.2. The van der Waals surface area contributed by atoms with Crippen LogP contribution in [0.4, 0.5) is 0 Å². The van der Waals surface area contributed by atoms with Crippen molar-refractivity contribution in [3.8, 4) is 5.75 Å². The second-order valence-electron chi connectivity index (χ2n) is 6.53. The van der Waals surface area contributed by atoms with Crippen LogP contribution in [0.25, 0.3) is 0 Å². The molecule has 1 aromatic rings. The first-order valence-electron chi connectivity index (χ1n) is 6.56. The maximum atomic E-state index is 10.4. The predicted molar refractivity (Wildman–Crippen MR) is 74.7 cm³/mol. The highest BCUT2D eigenvalue weighted by Gasteiger charge is 2.48. The number of hydrogen-bond donors (Lipinski definition) is 1. The van der Waals surface area contributed by atoms with Crippen molar-refractivity contribution in [2.24, 2.45) is 5.41 Å². The highest BCUT2D eigenvalue weighted by molar-refractivity contribution is 9.10. The SMILES string of the molecule is CC1(C)CCC2(C[C@H](O)c3ccc(Br)cc3O2)C1. The van der Waals surface area contributed by atoms with Gasteiger partial charge in [-0.2, -0.15) is 0 Å². The molecule has 3 rings (SSSR count). The van der Waals surface area contributed by atoms with Crippen LogP contribution in [0, 0.1) is 5.41 Å². The minimum atomic E-state index is -0.393. The third-order valence-corrected chi connectivity index (χ3v) is 4.78. The third kappa shape index (κ3) is 2.08. The zero-order valence-corrected chi connectivity index (χ0v) is 12.5. The van der Waals surface area contributed by atoms with Crippen molar-refractivity contribution in [2.75, 3.05) is 0 Å². The molecule has 0 saturated heterocycles. The van der Waals surface area contributed by atoms with Gasteiger partial charge in [0.05, 0.1) is 6.10 Å². The summed E-state index contributed by atoms with van der Waals surface area (Å²) in [5, 5.41) is 10.4. The molecule has 0 radical (unpaired) electrons. The number of halogens is 1. The van der Waals surface area contributed by atoms with E-state index in [0.29, 0.717) is 5.41 Å². The van der Waals surface area contributed by atoms with Gasteiger partial charge in [0.15, 0.2) is 0 Å². The zero-order valence-electron chi connectivity index (χ0n) is 10.9. The summed E-state index contributed by atoms with van der Waals surface area (Å²) >= 11 is 3.47. The number of aliphatic hydroxyl groups excluding tert-OH is 1. The van der Waals surface area contributed by atoms with Crippen molar-refractivity contribution in [1.82, 2.24) is 0 Å². The fraction of sp³-hybridized carbons (Fsp3) is 0.600. The maximum Gasteiger partial charge on any atom is 0.127 e. The summed E-state index contributed by atoms with van der Waals surface area (Å²) in [7, 11) is 0. The first kappa shape index (κ1) is 12.5. The van der Waals surface area contributed by atoms with E-state index in [9.17, 15) is 5.11 Å². The molecule has 1 fully saturated rings. The van der Waals surface area contributed by atoms with Crippen LogP contribution in [0.3, 0.4) is 0 Å². The fourth-order valence-electron chi connectivity index (χ4n) is 3.49. The summed E-state index contributed by atoms with van der Waals surface area (Å²) in [6, 6.07) is 5.89. The van der Waals surface area contributed by atoms with Gasteiger partial charge in [-0.15, -0.1) is 0 Å². The lowest BCUT2D eigenvalue weighted by atomic mass is 9.83. The number of rotatable bonds is 0. The molecule has 0 amide bonds. The van der Waals surface area contributed by atoms with Crippen molar-refractivity contribution >= 4 is 15.9 Å². The first-order valence-corrected chi connectivity index (χ1v) is 7.35. The Labute approximate surface area is 116 Å². The maximum absolute atomic E-state index is 10.4. The molecular weight excluding hydrogens is 292 g/mol. The molecule has 1 aliphatic heterocycles. The van der Waals surface area contributed by atoms with Gasteiger partial charge in [0.1, 0.15) is 11.4 Å². The summed E-state index contributed by atoms with van der Waals surface area (Å²) in [6.07, 6.45) is 3.58. The standard InChI is InChI=1S/C15H19BrO2/c1-14(2)5-6-15(9-14)8-12(17)11-4-3-10(16)7-13(11)18-15/h3-4,7,12,17H,5-6,8-9H2,1-2H3/t12-,15?/m0/s1. The third-order valence-electron chi connectivity index (χ3n) is 4.28. The minimum Gasteiger partial charge on any atom is -0.487 e. The topological polar surface area (TPSA) is 29.5 Å². The number of fused-ring (bicyclic) bond motifs is 1. The van der Waals surface area contributed by atoms with Crippen LogP contribution >= 0.6 is 15.9 Å². The van der Waals surface area contributed by atoms with Crippen LogP contribution in [0.1, 0.15) is 51.2 Å². The second-order valence-corrected chi connectivity index (χ2v) is 7.44. The molecule has 3 heteroatoms. The van der Waals surface area contributed by atoms with Crippen molar-refractivity contribution < 1.29 is 9.84 Å². The Morgan fingerprint density at radius 1 is 1.33 bits per heavy atom. The van der Waals surface area contributed by atoms with Gasteiger partial charge in [0, 0.05) is 16.5 Å². The van der Waals surface area contributed by atoms with E-state index in [4.69, 9.17) is 4.74 Å². The Balaban J connectivity index is 1.96. The van der Waals surface area contributed by atoms with Gasteiger partial charge >= 0.3 is 0 Å². The first-order chi connectivity index (χ1) is 8.39. The quantitative estimate of drug-likeness (QED) is 0.777. The molecule has 2 atom stereocenters. The molecular formula is C15H19BrO2. The molecule has 1 aliphatic carbocycles. The van der Waals surface area contributed by atoms with Crippen molar-refractivity contribution in [2.45, 2.75) is 51.2 Å². The van der Waals surface area contributed by atoms with E-state index in [1.807, 2.05) is 18.2 Å². The Morgan fingerprint density at radius 3 is 2.78 bits per heavy atom. The molecule has 2 nitrogen and oxygen atoms in total. The molecule has 0 aromatic heterocycles. The van der Waals surface area contributed by atoms with Gasteiger partial charge in [-0.3, -0.25) is 0 Å².